The lowest BCUT2D eigenvalue weighted by Gasteiger charge is -2.18. The minimum atomic E-state index is 0.229. The summed E-state index contributed by atoms with van der Waals surface area (Å²) in [5.74, 6) is 2.67. The Labute approximate surface area is 116 Å². The van der Waals surface area contributed by atoms with Crippen molar-refractivity contribution in [3.8, 4) is 0 Å². The predicted octanol–water partition coefficient (Wildman–Crippen LogP) is 2.62. The highest BCUT2D eigenvalue weighted by atomic mass is 16.5. The summed E-state index contributed by atoms with van der Waals surface area (Å²) in [7, 11) is 0. The lowest BCUT2D eigenvalue weighted by atomic mass is 10.2. The van der Waals surface area contributed by atoms with Gasteiger partial charge in [0, 0.05) is 31.2 Å². The highest BCUT2D eigenvalue weighted by Gasteiger charge is 2.11. The van der Waals surface area contributed by atoms with E-state index in [1.165, 1.54) is 0 Å². The molecule has 0 spiro atoms. The summed E-state index contributed by atoms with van der Waals surface area (Å²) >= 11 is 0. The minimum absolute atomic E-state index is 0.229. The number of aromatic nitrogens is 2. The zero-order valence-electron chi connectivity index (χ0n) is 12.7. The molecule has 0 aliphatic carbocycles. The second-order valence-electron chi connectivity index (χ2n) is 4.55. The van der Waals surface area contributed by atoms with Crippen LogP contribution in [0.4, 0.5) is 11.6 Å². The molecule has 0 aromatic carbocycles. The molecule has 1 aromatic rings. The smallest absolute Gasteiger partial charge is 0.135 e. The van der Waals surface area contributed by atoms with Gasteiger partial charge < -0.3 is 15.4 Å². The Hall–Kier alpha value is -1.36. The van der Waals surface area contributed by atoms with Gasteiger partial charge in [-0.3, -0.25) is 0 Å². The molecule has 108 valence electrons. The zero-order valence-corrected chi connectivity index (χ0v) is 12.7. The number of aryl methyl sites for hydroxylation is 1. The normalized spacial score (nSPS) is 12.3. The van der Waals surface area contributed by atoms with Gasteiger partial charge in [-0.1, -0.05) is 6.92 Å². The summed E-state index contributed by atoms with van der Waals surface area (Å²) in [4.78, 5) is 9.08. The lowest BCUT2D eigenvalue weighted by Crippen LogP contribution is -2.23. The number of rotatable bonds is 8. The molecule has 1 atom stereocenters. The number of ether oxygens (including phenoxy) is 1. The van der Waals surface area contributed by atoms with Gasteiger partial charge in [0.2, 0.25) is 0 Å². The molecule has 0 saturated carbocycles. The van der Waals surface area contributed by atoms with Crippen LogP contribution in [0.2, 0.25) is 0 Å². The molecular weight excluding hydrogens is 240 g/mol. The van der Waals surface area contributed by atoms with E-state index in [-0.39, 0.29) is 6.04 Å². The van der Waals surface area contributed by atoms with E-state index >= 15 is 0 Å². The monoisotopic (exact) mass is 266 g/mol. The number of anilines is 2. The van der Waals surface area contributed by atoms with Crippen LogP contribution in [0.3, 0.4) is 0 Å². The fourth-order valence-corrected chi connectivity index (χ4v) is 1.77. The molecule has 0 radical (unpaired) electrons. The van der Waals surface area contributed by atoms with Gasteiger partial charge in [0.05, 0.1) is 6.61 Å². The molecule has 2 N–H and O–H groups in total. The molecule has 1 unspecified atom stereocenters. The maximum absolute atomic E-state index is 5.42. The van der Waals surface area contributed by atoms with Crippen molar-refractivity contribution in [3.05, 3.63) is 11.4 Å². The van der Waals surface area contributed by atoms with Crippen molar-refractivity contribution < 1.29 is 4.74 Å². The van der Waals surface area contributed by atoms with Crippen LogP contribution in [-0.4, -0.2) is 35.8 Å². The molecule has 1 aromatic heterocycles. The molecule has 0 saturated heterocycles. The molecule has 0 fully saturated rings. The van der Waals surface area contributed by atoms with Crippen molar-refractivity contribution in [1.29, 1.82) is 0 Å². The van der Waals surface area contributed by atoms with E-state index in [4.69, 9.17) is 4.74 Å². The summed E-state index contributed by atoms with van der Waals surface area (Å²) < 4.78 is 5.42. The van der Waals surface area contributed by atoms with Crippen molar-refractivity contribution >= 4 is 11.6 Å². The van der Waals surface area contributed by atoms with E-state index in [0.29, 0.717) is 6.61 Å². The quantitative estimate of drug-likeness (QED) is 0.757. The fourth-order valence-electron chi connectivity index (χ4n) is 1.77. The highest BCUT2D eigenvalue weighted by molar-refractivity contribution is 5.57. The Morgan fingerprint density at radius 3 is 2.42 bits per heavy atom. The van der Waals surface area contributed by atoms with Gasteiger partial charge >= 0.3 is 0 Å². The van der Waals surface area contributed by atoms with Crippen molar-refractivity contribution in [2.75, 3.05) is 30.4 Å². The van der Waals surface area contributed by atoms with Crippen LogP contribution in [0.5, 0.6) is 0 Å². The number of nitrogens with one attached hydrogen (secondary N) is 2. The van der Waals surface area contributed by atoms with Gasteiger partial charge in [0.25, 0.3) is 0 Å². The average molecular weight is 266 g/mol. The number of hydrogen-bond donors (Lipinski definition) is 2. The van der Waals surface area contributed by atoms with Gasteiger partial charge in [-0.05, 0) is 27.7 Å². The SMILES string of the molecule is CCNc1nc(CC)nc(NC(C)COCC)c1C. The lowest BCUT2D eigenvalue weighted by molar-refractivity contribution is 0.141. The summed E-state index contributed by atoms with van der Waals surface area (Å²) in [5, 5.41) is 6.69. The standard InChI is InChI=1S/C14H26N4O/c1-6-12-17-13(15-7-2)11(5)14(18-12)16-10(4)9-19-8-3/h10H,6-9H2,1-5H3,(H2,15,16,17,18). The van der Waals surface area contributed by atoms with E-state index < -0.39 is 0 Å². The largest absolute Gasteiger partial charge is 0.380 e. The van der Waals surface area contributed by atoms with E-state index in [2.05, 4.69) is 41.4 Å². The molecule has 19 heavy (non-hydrogen) atoms. The zero-order chi connectivity index (χ0) is 14.3. The van der Waals surface area contributed by atoms with E-state index in [9.17, 15) is 0 Å². The third-order valence-electron chi connectivity index (χ3n) is 2.81. The maximum atomic E-state index is 5.42. The second kappa shape index (κ2) is 7.94. The Morgan fingerprint density at radius 2 is 1.84 bits per heavy atom. The molecule has 0 aliphatic heterocycles. The van der Waals surface area contributed by atoms with Gasteiger partial charge in [-0.2, -0.15) is 0 Å². The van der Waals surface area contributed by atoms with Crippen LogP contribution in [0.15, 0.2) is 0 Å². The second-order valence-corrected chi connectivity index (χ2v) is 4.55. The van der Waals surface area contributed by atoms with Crippen LogP contribution in [0.25, 0.3) is 0 Å². The predicted molar refractivity (Wildman–Crippen MR) is 79.9 cm³/mol. The Kier molecular flexibility index (Phi) is 6.56. The van der Waals surface area contributed by atoms with Crippen molar-refractivity contribution in [3.63, 3.8) is 0 Å². The maximum Gasteiger partial charge on any atom is 0.135 e. The van der Waals surface area contributed by atoms with Crippen molar-refractivity contribution in [1.82, 2.24) is 9.97 Å². The first-order valence-electron chi connectivity index (χ1n) is 7.07. The molecule has 1 rings (SSSR count). The first-order valence-corrected chi connectivity index (χ1v) is 7.07. The molecule has 5 nitrogen and oxygen atoms in total. The molecule has 0 bridgehead atoms. The van der Waals surface area contributed by atoms with Crippen molar-refractivity contribution in [2.24, 2.45) is 0 Å². The fraction of sp³-hybridized carbons (Fsp3) is 0.714. The van der Waals surface area contributed by atoms with Crippen LogP contribution >= 0.6 is 0 Å². The van der Waals surface area contributed by atoms with Crippen molar-refractivity contribution in [2.45, 2.75) is 47.1 Å². The number of hydrogen-bond acceptors (Lipinski definition) is 5. The Bertz CT molecular complexity index is 395. The van der Waals surface area contributed by atoms with Crippen LogP contribution in [-0.2, 0) is 11.2 Å². The molecule has 5 heteroatoms. The van der Waals surface area contributed by atoms with Crippen LogP contribution in [0, 0.1) is 6.92 Å². The summed E-state index contributed by atoms with van der Waals surface area (Å²) in [5.41, 5.74) is 1.06. The molecular formula is C14H26N4O. The van der Waals surface area contributed by atoms with Gasteiger partial charge in [0.15, 0.2) is 0 Å². The molecule has 0 aliphatic rings. The van der Waals surface area contributed by atoms with E-state index in [1.807, 2.05) is 13.8 Å². The first-order chi connectivity index (χ1) is 9.12. The van der Waals surface area contributed by atoms with Crippen LogP contribution < -0.4 is 10.6 Å². The Balaban J connectivity index is 2.88. The van der Waals surface area contributed by atoms with Gasteiger partial charge in [0.1, 0.15) is 17.5 Å². The summed E-state index contributed by atoms with van der Waals surface area (Å²) in [6.45, 7) is 12.5. The first kappa shape index (κ1) is 15.7. The Morgan fingerprint density at radius 1 is 1.16 bits per heavy atom. The third-order valence-corrected chi connectivity index (χ3v) is 2.81. The van der Waals surface area contributed by atoms with Crippen LogP contribution in [0.1, 0.15) is 39.1 Å². The van der Waals surface area contributed by atoms with Gasteiger partial charge in [-0.15, -0.1) is 0 Å². The summed E-state index contributed by atoms with van der Waals surface area (Å²) in [6, 6.07) is 0.229. The van der Waals surface area contributed by atoms with Gasteiger partial charge in [-0.25, -0.2) is 9.97 Å². The average Bonchev–Trinajstić information content (AvgIpc) is 2.41. The number of nitrogens with zero attached hydrogens (tertiary/aromatic N) is 2. The van der Waals surface area contributed by atoms with E-state index in [1.54, 1.807) is 0 Å². The topological polar surface area (TPSA) is 59.1 Å². The minimum Gasteiger partial charge on any atom is -0.380 e. The third kappa shape index (κ3) is 4.67. The summed E-state index contributed by atoms with van der Waals surface area (Å²) in [6.07, 6.45) is 0.827. The molecule has 1 heterocycles. The molecule has 0 amide bonds. The van der Waals surface area contributed by atoms with E-state index in [0.717, 1.165) is 42.6 Å². The highest BCUT2D eigenvalue weighted by Crippen LogP contribution is 2.20.